The Morgan fingerprint density at radius 3 is 2.64 bits per heavy atom. The van der Waals surface area contributed by atoms with Crippen LogP contribution in [0.2, 0.25) is 0 Å². The average molecular weight is 257 g/mol. The second kappa shape index (κ2) is 5.37. The zero-order valence-electron chi connectivity index (χ0n) is 8.68. The first-order valence-electron chi connectivity index (χ1n) is 4.88. The molecule has 1 aromatic carbocycles. The molecular formula is C11H17BrN2. The van der Waals surface area contributed by atoms with Gasteiger partial charge < -0.3 is 11.1 Å². The lowest BCUT2D eigenvalue weighted by Gasteiger charge is -2.11. The molecule has 0 radical (unpaired) electrons. The summed E-state index contributed by atoms with van der Waals surface area (Å²) in [7, 11) is 0. The van der Waals surface area contributed by atoms with E-state index in [2.05, 4.69) is 53.3 Å². The number of rotatable bonds is 4. The van der Waals surface area contributed by atoms with Crippen molar-refractivity contribution in [1.82, 2.24) is 0 Å². The van der Waals surface area contributed by atoms with E-state index in [0.29, 0.717) is 12.5 Å². The Labute approximate surface area is 94.0 Å². The fourth-order valence-corrected chi connectivity index (χ4v) is 1.78. The van der Waals surface area contributed by atoms with Crippen molar-refractivity contribution in [2.75, 3.05) is 18.4 Å². The minimum atomic E-state index is 0.565. The van der Waals surface area contributed by atoms with Gasteiger partial charge in [0.2, 0.25) is 0 Å². The van der Waals surface area contributed by atoms with Crippen molar-refractivity contribution < 1.29 is 0 Å². The standard InChI is InChI=1S/C11H17BrN2/c1-8(2)9-3-4-11(10(12)7-9)14-6-5-13/h3-4,7-8,14H,5-6,13H2,1-2H3. The Morgan fingerprint density at radius 1 is 1.43 bits per heavy atom. The van der Waals surface area contributed by atoms with Crippen LogP contribution in [0.4, 0.5) is 5.69 Å². The number of hydrogen-bond acceptors (Lipinski definition) is 2. The SMILES string of the molecule is CC(C)c1ccc(NCCN)c(Br)c1. The van der Waals surface area contributed by atoms with Crippen LogP contribution in [0.3, 0.4) is 0 Å². The maximum Gasteiger partial charge on any atom is 0.0485 e. The summed E-state index contributed by atoms with van der Waals surface area (Å²) in [4.78, 5) is 0. The molecule has 3 N–H and O–H groups in total. The van der Waals surface area contributed by atoms with Gasteiger partial charge in [-0.25, -0.2) is 0 Å². The van der Waals surface area contributed by atoms with Gasteiger partial charge >= 0.3 is 0 Å². The van der Waals surface area contributed by atoms with Crippen LogP contribution < -0.4 is 11.1 Å². The van der Waals surface area contributed by atoms with Crippen molar-refractivity contribution in [3.63, 3.8) is 0 Å². The number of anilines is 1. The quantitative estimate of drug-likeness (QED) is 0.870. The van der Waals surface area contributed by atoms with Crippen LogP contribution in [0.15, 0.2) is 22.7 Å². The molecule has 14 heavy (non-hydrogen) atoms. The highest BCUT2D eigenvalue weighted by Crippen LogP contribution is 2.26. The topological polar surface area (TPSA) is 38.0 Å². The molecule has 3 heteroatoms. The largest absolute Gasteiger partial charge is 0.383 e. The lowest BCUT2D eigenvalue weighted by Crippen LogP contribution is -2.13. The summed E-state index contributed by atoms with van der Waals surface area (Å²) in [6.07, 6.45) is 0. The summed E-state index contributed by atoms with van der Waals surface area (Å²) in [5.41, 5.74) is 7.88. The van der Waals surface area contributed by atoms with E-state index in [4.69, 9.17) is 5.73 Å². The Bertz CT molecular complexity index is 297. The smallest absolute Gasteiger partial charge is 0.0485 e. The Kier molecular flexibility index (Phi) is 4.42. The molecule has 0 fully saturated rings. The van der Waals surface area contributed by atoms with Gasteiger partial charge in [0.05, 0.1) is 0 Å². The molecule has 0 heterocycles. The van der Waals surface area contributed by atoms with Crippen molar-refractivity contribution in [1.29, 1.82) is 0 Å². The van der Waals surface area contributed by atoms with Crippen LogP contribution in [0.25, 0.3) is 0 Å². The molecule has 0 bridgehead atoms. The van der Waals surface area contributed by atoms with Crippen LogP contribution in [0.5, 0.6) is 0 Å². The molecule has 0 unspecified atom stereocenters. The third-order valence-electron chi connectivity index (χ3n) is 2.12. The van der Waals surface area contributed by atoms with Crippen LogP contribution in [-0.2, 0) is 0 Å². The molecule has 0 aliphatic carbocycles. The lowest BCUT2D eigenvalue weighted by atomic mass is 10.0. The lowest BCUT2D eigenvalue weighted by molar-refractivity contribution is 0.865. The van der Waals surface area contributed by atoms with Gasteiger partial charge in [-0.2, -0.15) is 0 Å². The molecule has 0 atom stereocenters. The number of halogens is 1. The molecule has 0 aliphatic rings. The molecule has 0 aliphatic heterocycles. The molecule has 0 amide bonds. The Morgan fingerprint density at radius 2 is 2.14 bits per heavy atom. The van der Waals surface area contributed by atoms with E-state index in [-0.39, 0.29) is 0 Å². The van der Waals surface area contributed by atoms with Crippen molar-refractivity contribution in [3.8, 4) is 0 Å². The number of nitrogens with two attached hydrogens (primary N) is 1. The first-order chi connectivity index (χ1) is 6.65. The summed E-state index contributed by atoms with van der Waals surface area (Å²) in [6, 6.07) is 6.40. The van der Waals surface area contributed by atoms with E-state index in [9.17, 15) is 0 Å². The van der Waals surface area contributed by atoms with E-state index in [0.717, 1.165) is 16.7 Å². The second-order valence-corrected chi connectivity index (χ2v) is 4.46. The minimum Gasteiger partial charge on any atom is -0.383 e. The van der Waals surface area contributed by atoms with Gasteiger partial charge in [-0.1, -0.05) is 19.9 Å². The van der Waals surface area contributed by atoms with Crippen molar-refractivity contribution in [2.45, 2.75) is 19.8 Å². The van der Waals surface area contributed by atoms with Gasteiger partial charge in [-0.15, -0.1) is 0 Å². The molecule has 78 valence electrons. The summed E-state index contributed by atoms with van der Waals surface area (Å²) in [5.74, 6) is 0.565. The highest BCUT2D eigenvalue weighted by atomic mass is 79.9. The highest BCUT2D eigenvalue weighted by molar-refractivity contribution is 9.10. The van der Waals surface area contributed by atoms with E-state index >= 15 is 0 Å². The minimum absolute atomic E-state index is 0.565. The van der Waals surface area contributed by atoms with Crippen molar-refractivity contribution in [3.05, 3.63) is 28.2 Å². The molecule has 1 rings (SSSR count). The van der Waals surface area contributed by atoms with Gasteiger partial charge in [-0.3, -0.25) is 0 Å². The molecular weight excluding hydrogens is 240 g/mol. The van der Waals surface area contributed by atoms with Crippen LogP contribution in [0, 0.1) is 0 Å². The van der Waals surface area contributed by atoms with E-state index in [1.165, 1.54) is 5.56 Å². The van der Waals surface area contributed by atoms with Crippen molar-refractivity contribution >= 4 is 21.6 Å². The molecule has 2 nitrogen and oxygen atoms in total. The maximum absolute atomic E-state index is 5.43. The van der Waals surface area contributed by atoms with Crippen LogP contribution in [0.1, 0.15) is 25.3 Å². The monoisotopic (exact) mass is 256 g/mol. The third kappa shape index (κ3) is 3.00. The van der Waals surface area contributed by atoms with Gasteiger partial charge in [0, 0.05) is 23.2 Å². The Balaban J connectivity index is 2.79. The summed E-state index contributed by atoms with van der Waals surface area (Å²) in [5, 5.41) is 3.26. The van der Waals surface area contributed by atoms with Crippen LogP contribution in [-0.4, -0.2) is 13.1 Å². The predicted octanol–water partition coefficient (Wildman–Crippen LogP) is 2.94. The third-order valence-corrected chi connectivity index (χ3v) is 2.78. The zero-order valence-corrected chi connectivity index (χ0v) is 10.3. The van der Waals surface area contributed by atoms with Gasteiger partial charge in [-0.05, 0) is 39.5 Å². The average Bonchev–Trinajstić information content (AvgIpc) is 2.15. The molecule has 1 aromatic rings. The number of benzene rings is 1. The number of hydrogen-bond donors (Lipinski definition) is 2. The summed E-state index contributed by atoms with van der Waals surface area (Å²) in [6.45, 7) is 5.83. The summed E-state index contributed by atoms with van der Waals surface area (Å²) < 4.78 is 1.11. The first-order valence-corrected chi connectivity index (χ1v) is 5.68. The van der Waals surface area contributed by atoms with Gasteiger partial charge in [0.25, 0.3) is 0 Å². The molecule has 0 aromatic heterocycles. The van der Waals surface area contributed by atoms with E-state index < -0.39 is 0 Å². The van der Waals surface area contributed by atoms with Gasteiger partial charge in [0.15, 0.2) is 0 Å². The first kappa shape index (κ1) is 11.5. The Hall–Kier alpha value is -0.540. The number of nitrogens with one attached hydrogen (secondary N) is 1. The molecule has 0 saturated heterocycles. The highest BCUT2D eigenvalue weighted by Gasteiger charge is 2.03. The van der Waals surface area contributed by atoms with E-state index in [1.807, 2.05) is 0 Å². The maximum atomic E-state index is 5.43. The van der Waals surface area contributed by atoms with E-state index in [1.54, 1.807) is 0 Å². The predicted molar refractivity (Wildman–Crippen MR) is 65.8 cm³/mol. The molecule has 0 spiro atoms. The zero-order chi connectivity index (χ0) is 10.6. The summed E-state index contributed by atoms with van der Waals surface area (Å²) >= 11 is 3.54. The normalized spacial score (nSPS) is 10.6. The fraction of sp³-hybridized carbons (Fsp3) is 0.455. The molecule has 0 saturated carbocycles. The van der Waals surface area contributed by atoms with Crippen molar-refractivity contribution in [2.24, 2.45) is 5.73 Å². The second-order valence-electron chi connectivity index (χ2n) is 3.61. The van der Waals surface area contributed by atoms with Crippen LogP contribution >= 0.6 is 15.9 Å². The fourth-order valence-electron chi connectivity index (χ4n) is 1.24. The van der Waals surface area contributed by atoms with Gasteiger partial charge in [0.1, 0.15) is 0 Å².